The number of rotatable bonds is 10. The van der Waals surface area contributed by atoms with Gasteiger partial charge in [-0.2, -0.15) is 0 Å². The van der Waals surface area contributed by atoms with Crippen LogP contribution in [0.15, 0.2) is 0 Å². The van der Waals surface area contributed by atoms with E-state index in [-0.39, 0.29) is 0 Å². The Bertz CT molecular complexity index is 239. The predicted molar refractivity (Wildman–Crippen MR) is 82.1 cm³/mol. The fraction of sp³-hybridized carbons (Fsp3) is 1.00. The number of hydrogen-bond acceptors (Lipinski definition) is 3. The minimum atomic E-state index is -0.645. The molecule has 19 heavy (non-hydrogen) atoms. The zero-order chi connectivity index (χ0) is 14.5. The first kappa shape index (κ1) is 16.9. The molecule has 1 atom stereocenters. The Morgan fingerprint density at radius 3 is 1.89 bits per heavy atom. The van der Waals surface area contributed by atoms with Crippen LogP contribution in [0.25, 0.3) is 0 Å². The van der Waals surface area contributed by atoms with Crippen molar-refractivity contribution >= 4 is 0 Å². The lowest BCUT2D eigenvalue weighted by atomic mass is 9.96. The van der Waals surface area contributed by atoms with Gasteiger partial charge in [-0.05, 0) is 56.5 Å². The van der Waals surface area contributed by atoms with Crippen molar-refractivity contribution in [3.63, 3.8) is 0 Å². The van der Waals surface area contributed by atoms with E-state index in [1.165, 1.54) is 12.8 Å². The zero-order valence-electron chi connectivity index (χ0n) is 13.4. The van der Waals surface area contributed by atoms with Gasteiger partial charge in [-0.3, -0.25) is 0 Å². The van der Waals surface area contributed by atoms with Crippen LogP contribution in [0, 0.1) is 17.8 Å². The monoisotopic (exact) mass is 270 g/mol. The summed E-state index contributed by atoms with van der Waals surface area (Å²) in [7, 11) is 0. The number of aliphatic hydroxyl groups is 1. The average Bonchev–Trinajstić information content (AvgIpc) is 3.16. The highest BCUT2D eigenvalue weighted by Crippen LogP contribution is 2.39. The first-order valence-electron chi connectivity index (χ1n) is 8.02. The van der Waals surface area contributed by atoms with Crippen LogP contribution < -0.4 is 5.73 Å². The van der Waals surface area contributed by atoms with E-state index in [1.807, 2.05) is 0 Å². The molecule has 114 valence electrons. The van der Waals surface area contributed by atoms with Crippen molar-refractivity contribution in [3.05, 3.63) is 0 Å². The van der Waals surface area contributed by atoms with Crippen LogP contribution in [-0.4, -0.2) is 41.8 Å². The maximum atomic E-state index is 10.7. The minimum absolute atomic E-state index is 0.400. The Labute approximate surface area is 119 Å². The molecule has 0 spiro atoms. The van der Waals surface area contributed by atoms with E-state index in [4.69, 9.17) is 5.73 Å². The van der Waals surface area contributed by atoms with Crippen LogP contribution in [-0.2, 0) is 0 Å². The van der Waals surface area contributed by atoms with Gasteiger partial charge in [-0.1, -0.05) is 27.7 Å². The molecule has 1 rings (SSSR count). The van der Waals surface area contributed by atoms with Crippen molar-refractivity contribution in [2.24, 2.45) is 23.5 Å². The largest absolute Gasteiger partial charge is 0.387 e. The topological polar surface area (TPSA) is 49.5 Å². The fourth-order valence-corrected chi connectivity index (χ4v) is 2.52. The van der Waals surface area contributed by atoms with Crippen molar-refractivity contribution in [1.29, 1.82) is 0 Å². The summed E-state index contributed by atoms with van der Waals surface area (Å²) in [5.41, 5.74) is 5.19. The first-order valence-corrected chi connectivity index (χ1v) is 8.02. The lowest BCUT2D eigenvalue weighted by molar-refractivity contribution is -0.0102. The summed E-state index contributed by atoms with van der Waals surface area (Å²) in [6.45, 7) is 12.4. The molecule has 0 heterocycles. The summed E-state index contributed by atoms with van der Waals surface area (Å²) < 4.78 is 0. The number of nitrogens with zero attached hydrogens (tertiary/aromatic N) is 1. The summed E-state index contributed by atoms with van der Waals surface area (Å²) in [6.07, 6.45) is 4.69. The van der Waals surface area contributed by atoms with Gasteiger partial charge < -0.3 is 15.7 Å². The van der Waals surface area contributed by atoms with E-state index >= 15 is 0 Å². The van der Waals surface area contributed by atoms with Gasteiger partial charge in [0.2, 0.25) is 0 Å². The van der Waals surface area contributed by atoms with Crippen LogP contribution in [0.4, 0.5) is 0 Å². The molecule has 0 aromatic rings. The molecule has 0 aliphatic heterocycles. The third-order valence-electron chi connectivity index (χ3n) is 4.23. The summed E-state index contributed by atoms with van der Waals surface area (Å²) in [5.74, 6) is 1.87. The molecule has 1 aliphatic carbocycles. The molecular weight excluding hydrogens is 236 g/mol. The van der Waals surface area contributed by atoms with E-state index < -0.39 is 5.60 Å². The molecule has 0 amide bonds. The summed E-state index contributed by atoms with van der Waals surface area (Å²) in [6, 6.07) is 0. The lowest BCUT2D eigenvalue weighted by Crippen LogP contribution is -2.50. The highest BCUT2D eigenvalue weighted by molar-refractivity contribution is 4.97. The third kappa shape index (κ3) is 6.24. The SMILES string of the molecule is CC(C)CCN(CCC(C)C)CC(O)(CN)C1CC1. The van der Waals surface area contributed by atoms with Crippen LogP contribution in [0.5, 0.6) is 0 Å². The second kappa shape index (κ2) is 7.61. The van der Waals surface area contributed by atoms with Crippen LogP contribution in [0.3, 0.4) is 0 Å². The molecule has 3 heteroatoms. The second-order valence-electron chi connectivity index (χ2n) is 7.22. The summed E-state index contributed by atoms with van der Waals surface area (Å²) >= 11 is 0. The number of hydrogen-bond donors (Lipinski definition) is 2. The Kier molecular flexibility index (Phi) is 6.78. The van der Waals surface area contributed by atoms with Crippen LogP contribution in [0.1, 0.15) is 53.4 Å². The second-order valence-corrected chi connectivity index (χ2v) is 7.22. The van der Waals surface area contributed by atoms with E-state index in [2.05, 4.69) is 32.6 Å². The molecule has 0 bridgehead atoms. The summed E-state index contributed by atoms with van der Waals surface area (Å²) in [5, 5.41) is 10.7. The van der Waals surface area contributed by atoms with Gasteiger partial charge in [-0.15, -0.1) is 0 Å². The van der Waals surface area contributed by atoms with Crippen molar-refractivity contribution in [2.75, 3.05) is 26.2 Å². The van der Waals surface area contributed by atoms with E-state index in [0.29, 0.717) is 24.3 Å². The fourth-order valence-electron chi connectivity index (χ4n) is 2.52. The van der Waals surface area contributed by atoms with Crippen molar-refractivity contribution in [1.82, 2.24) is 4.90 Å². The minimum Gasteiger partial charge on any atom is -0.387 e. The predicted octanol–water partition coefficient (Wildman–Crippen LogP) is 2.48. The van der Waals surface area contributed by atoms with Gasteiger partial charge in [0.15, 0.2) is 0 Å². The van der Waals surface area contributed by atoms with Gasteiger partial charge in [0.25, 0.3) is 0 Å². The molecule has 1 aliphatic rings. The number of nitrogens with two attached hydrogens (primary N) is 1. The Morgan fingerprint density at radius 2 is 1.58 bits per heavy atom. The van der Waals surface area contributed by atoms with E-state index in [9.17, 15) is 5.11 Å². The molecule has 1 saturated carbocycles. The molecule has 0 saturated heterocycles. The van der Waals surface area contributed by atoms with Gasteiger partial charge in [0, 0.05) is 13.1 Å². The Hall–Kier alpha value is -0.120. The third-order valence-corrected chi connectivity index (χ3v) is 4.23. The Morgan fingerprint density at radius 1 is 1.11 bits per heavy atom. The molecule has 1 unspecified atom stereocenters. The lowest BCUT2D eigenvalue weighted by Gasteiger charge is -2.34. The van der Waals surface area contributed by atoms with E-state index in [0.717, 1.165) is 32.5 Å². The van der Waals surface area contributed by atoms with E-state index in [1.54, 1.807) is 0 Å². The molecule has 3 N–H and O–H groups in total. The molecule has 0 radical (unpaired) electrons. The standard InChI is InChI=1S/C16H34N2O/c1-13(2)7-9-18(10-8-14(3)4)12-16(19,11-17)15-5-6-15/h13-15,19H,5-12,17H2,1-4H3. The van der Waals surface area contributed by atoms with Gasteiger partial charge in [0.1, 0.15) is 0 Å². The normalized spacial score (nSPS) is 19.4. The summed E-state index contributed by atoms with van der Waals surface area (Å²) in [4.78, 5) is 2.44. The molecule has 0 aromatic heterocycles. The van der Waals surface area contributed by atoms with Crippen molar-refractivity contribution < 1.29 is 5.11 Å². The molecule has 0 aromatic carbocycles. The van der Waals surface area contributed by atoms with Gasteiger partial charge in [-0.25, -0.2) is 0 Å². The van der Waals surface area contributed by atoms with Crippen LogP contribution >= 0.6 is 0 Å². The molecule has 1 fully saturated rings. The smallest absolute Gasteiger partial charge is 0.0923 e. The maximum Gasteiger partial charge on any atom is 0.0923 e. The highest BCUT2D eigenvalue weighted by Gasteiger charge is 2.43. The average molecular weight is 270 g/mol. The quantitative estimate of drug-likeness (QED) is 0.641. The zero-order valence-corrected chi connectivity index (χ0v) is 13.4. The molecular formula is C16H34N2O. The van der Waals surface area contributed by atoms with Gasteiger partial charge >= 0.3 is 0 Å². The molecule has 3 nitrogen and oxygen atoms in total. The highest BCUT2D eigenvalue weighted by atomic mass is 16.3. The van der Waals surface area contributed by atoms with Crippen molar-refractivity contribution in [3.8, 4) is 0 Å². The van der Waals surface area contributed by atoms with Crippen LogP contribution in [0.2, 0.25) is 0 Å². The van der Waals surface area contributed by atoms with Gasteiger partial charge in [0.05, 0.1) is 5.60 Å². The Balaban J connectivity index is 2.50. The maximum absolute atomic E-state index is 10.7. The van der Waals surface area contributed by atoms with Crippen molar-refractivity contribution in [2.45, 2.75) is 59.0 Å². The first-order chi connectivity index (χ1) is 8.87.